The largest absolute Gasteiger partial charge is 0.481 e. The van der Waals surface area contributed by atoms with Crippen molar-refractivity contribution in [3.05, 3.63) is 40.3 Å². The van der Waals surface area contributed by atoms with Gasteiger partial charge in [-0.25, -0.2) is 9.37 Å². The number of halogens is 3. The first kappa shape index (κ1) is 12.1. The predicted octanol–water partition coefficient (Wildman–Crippen LogP) is 3.60. The lowest BCUT2D eigenvalue weighted by molar-refractivity contribution is 0.397. The summed E-state index contributed by atoms with van der Waals surface area (Å²) in [5.41, 5.74) is 0.106. The summed E-state index contributed by atoms with van der Waals surface area (Å²) in [7, 11) is 1.44. The molecule has 0 fully saturated rings. The summed E-state index contributed by atoms with van der Waals surface area (Å²) in [6.07, 6.45) is 0. The maximum Gasteiger partial charge on any atom is 0.218 e. The van der Waals surface area contributed by atoms with Gasteiger partial charge in [-0.1, -0.05) is 29.3 Å². The van der Waals surface area contributed by atoms with Gasteiger partial charge >= 0.3 is 0 Å². The third-order valence-corrected chi connectivity index (χ3v) is 2.58. The fourth-order valence-electron chi connectivity index (χ4n) is 1.32. The molecule has 0 aliphatic carbocycles. The third-order valence-electron chi connectivity index (χ3n) is 2.07. The monoisotopic (exact) mass is 272 g/mol. The van der Waals surface area contributed by atoms with Crippen LogP contribution in [0.5, 0.6) is 5.88 Å². The average Bonchev–Trinajstić information content (AvgIpc) is 2.28. The molecule has 0 N–H and O–H groups in total. The molecule has 6 heteroatoms. The number of nitrogens with zero attached hydrogens (tertiary/aromatic N) is 2. The first-order valence-corrected chi connectivity index (χ1v) is 5.40. The SMILES string of the molecule is COc1cc(Cl)nc(-c2c(F)cccc2Cl)n1. The van der Waals surface area contributed by atoms with Crippen molar-refractivity contribution in [1.29, 1.82) is 0 Å². The number of aromatic nitrogens is 2. The summed E-state index contributed by atoms with van der Waals surface area (Å²) < 4.78 is 18.6. The molecule has 0 aliphatic heterocycles. The first-order chi connectivity index (χ1) is 8.11. The minimum atomic E-state index is -0.512. The Morgan fingerprint density at radius 3 is 2.65 bits per heavy atom. The van der Waals surface area contributed by atoms with E-state index in [0.29, 0.717) is 0 Å². The lowest BCUT2D eigenvalue weighted by atomic mass is 10.2. The quantitative estimate of drug-likeness (QED) is 0.784. The van der Waals surface area contributed by atoms with E-state index < -0.39 is 5.82 Å². The molecule has 1 aromatic carbocycles. The first-order valence-electron chi connectivity index (χ1n) is 4.65. The molecule has 1 heterocycles. The fourth-order valence-corrected chi connectivity index (χ4v) is 1.75. The van der Waals surface area contributed by atoms with Crippen LogP contribution in [0.1, 0.15) is 0 Å². The van der Waals surface area contributed by atoms with E-state index in [2.05, 4.69) is 9.97 Å². The van der Waals surface area contributed by atoms with Gasteiger partial charge in [0.15, 0.2) is 5.82 Å². The molecule has 88 valence electrons. The van der Waals surface area contributed by atoms with E-state index in [1.807, 2.05) is 0 Å². The van der Waals surface area contributed by atoms with Gasteiger partial charge in [-0.2, -0.15) is 4.98 Å². The lowest BCUT2D eigenvalue weighted by Crippen LogP contribution is -1.96. The van der Waals surface area contributed by atoms with Crippen molar-refractivity contribution >= 4 is 23.2 Å². The average molecular weight is 273 g/mol. The molecule has 0 unspecified atom stereocenters. The zero-order chi connectivity index (χ0) is 12.4. The van der Waals surface area contributed by atoms with Crippen molar-refractivity contribution in [2.24, 2.45) is 0 Å². The smallest absolute Gasteiger partial charge is 0.218 e. The van der Waals surface area contributed by atoms with E-state index in [1.165, 1.54) is 25.3 Å². The van der Waals surface area contributed by atoms with Crippen molar-refractivity contribution in [2.75, 3.05) is 7.11 Å². The second kappa shape index (κ2) is 4.85. The van der Waals surface area contributed by atoms with E-state index in [1.54, 1.807) is 6.07 Å². The maximum absolute atomic E-state index is 13.7. The van der Waals surface area contributed by atoms with Gasteiger partial charge in [0.1, 0.15) is 11.0 Å². The van der Waals surface area contributed by atoms with Crippen molar-refractivity contribution < 1.29 is 9.13 Å². The highest BCUT2D eigenvalue weighted by Gasteiger charge is 2.14. The summed E-state index contributed by atoms with van der Waals surface area (Å²) in [5.74, 6) is -0.168. The standard InChI is InChI=1S/C11H7Cl2FN2O/c1-17-9-5-8(13)15-11(16-9)10-6(12)3-2-4-7(10)14/h2-5H,1H3. The zero-order valence-electron chi connectivity index (χ0n) is 8.75. The number of rotatable bonds is 2. The van der Waals surface area contributed by atoms with Gasteiger partial charge in [0.2, 0.25) is 5.88 Å². The van der Waals surface area contributed by atoms with E-state index in [-0.39, 0.29) is 27.4 Å². The van der Waals surface area contributed by atoms with Crippen molar-refractivity contribution in [3.8, 4) is 17.3 Å². The topological polar surface area (TPSA) is 35.0 Å². The molecule has 0 atom stereocenters. The Labute approximate surface area is 107 Å². The van der Waals surface area contributed by atoms with Crippen LogP contribution >= 0.6 is 23.2 Å². The van der Waals surface area contributed by atoms with Crippen LogP contribution in [0, 0.1) is 5.82 Å². The number of ether oxygens (including phenoxy) is 1. The predicted molar refractivity (Wildman–Crippen MR) is 64.0 cm³/mol. The molecular weight excluding hydrogens is 266 g/mol. The second-order valence-electron chi connectivity index (χ2n) is 3.15. The highest BCUT2D eigenvalue weighted by atomic mass is 35.5. The molecule has 2 rings (SSSR count). The molecular formula is C11H7Cl2FN2O. The minimum Gasteiger partial charge on any atom is -0.481 e. The summed E-state index contributed by atoms with van der Waals surface area (Å²) in [6.45, 7) is 0. The van der Waals surface area contributed by atoms with Crippen LogP contribution in [0.25, 0.3) is 11.4 Å². The second-order valence-corrected chi connectivity index (χ2v) is 3.95. The molecule has 0 saturated carbocycles. The van der Waals surface area contributed by atoms with Crippen LogP contribution in [0.15, 0.2) is 24.3 Å². The van der Waals surface area contributed by atoms with Crippen LogP contribution in [0.3, 0.4) is 0 Å². The highest BCUT2D eigenvalue weighted by Crippen LogP contribution is 2.29. The molecule has 3 nitrogen and oxygen atoms in total. The third kappa shape index (κ3) is 2.48. The van der Waals surface area contributed by atoms with E-state index in [9.17, 15) is 4.39 Å². The molecule has 1 aromatic heterocycles. The minimum absolute atomic E-state index is 0.0949. The number of hydrogen-bond donors (Lipinski definition) is 0. The molecule has 0 amide bonds. The van der Waals surface area contributed by atoms with Gasteiger partial charge in [0.25, 0.3) is 0 Å². The van der Waals surface area contributed by atoms with Crippen molar-refractivity contribution in [2.45, 2.75) is 0 Å². The maximum atomic E-state index is 13.7. The number of benzene rings is 1. The van der Waals surface area contributed by atoms with Crippen molar-refractivity contribution in [1.82, 2.24) is 9.97 Å². The summed E-state index contributed by atoms with van der Waals surface area (Å²) >= 11 is 11.7. The van der Waals surface area contributed by atoms with Gasteiger partial charge in [-0.05, 0) is 12.1 Å². The van der Waals surface area contributed by atoms with Gasteiger partial charge in [-0.15, -0.1) is 0 Å². The molecule has 0 bridgehead atoms. The van der Waals surface area contributed by atoms with E-state index in [0.717, 1.165) is 0 Å². The van der Waals surface area contributed by atoms with Gasteiger partial charge in [0.05, 0.1) is 17.7 Å². The van der Waals surface area contributed by atoms with Gasteiger partial charge in [-0.3, -0.25) is 0 Å². The van der Waals surface area contributed by atoms with Gasteiger partial charge < -0.3 is 4.74 Å². The zero-order valence-corrected chi connectivity index (χ0v) is 10.3. The fraction of sp³-hybridized carbons (Fsp3) is 0.0909. The van der Waals surface area contributed by atoms with Crippen LogP contribution < -0.4 is 4.74 Å². The Bertz CT molecular complexity index is 543. The highest BCUT2D eigenvalue weighted by molar-refractivity contribution is 6.33. The van der Waals surface area contributed by atoms with E-state index in [4.69, 9.17) is 27.9 Å². The molecule has 0 saturated heterocycles. The Kier molecular flexibility index (Phi) is 3.45. The summed E-state index contributed by atoms with van der Waals surface area (Å²) in [4.78, 5) is 7.93. The molecule has 0 radical (unpaired) electrons. The van der Waals surface area contributed by atoms with Gasteiger partial charge in [0, 0.05) is 6.07 Å². The number of hydrogen-bond acceptors (Lipinski definition) is 3. The van der Waals surface area contributed by atoms with Crippen molar-refractivity contribution in [3.63, 3.8) is 0 Å². The molecule has 2 aromatic rings. The Morgan fingerprint density at radius 1 is 1.24 bits per heavy atom. The van der Waals surface area contributed by atoms with Crippen LogP contribution in [-0.2, 0) is 0 Å². The molecule has 0 spiro atoms. The summed E-state index contributed by atoms with van der Waals surface area (Å²) in [6, 6.07) is 5.76. The van der Waals surface area contributed by atoms with Crippen LogP contribution in [-0.4, -0.2) is 17.1 Å². The molecule has 17 heavy (non-hydrogen) atoms. The lowest BCUT2D eigenvalue weighted by Gasteiger charge is -2.06. The van der Waals surface area contributed by atoms with Crippen LogP contribution in [0.2, 0.25) is 10.2 Å². The number of methoxy groups -OCH3 is 1. The Hall–Kier alpha value is -1.39. The summed E-state index contributed by atoms with van der Waals surface area (Å²) in [5, 5.41) is 0.375. The molecule has 0 aliphatic rings. The Morgan fingerprint density at radius 2 is 2.00 bits per heavy atom. The Balaban J connectivity index is 2.64. The van der Waals surface area contributed by atoms with E-state index >= 15 is 0 Å². The normalized spacial score (nSPS) is 10.4. The van der Waals surface area contributed by atoms with Crippen LogP contribution in [0.4, 0.5) is 4.39 Å².